The molecule has 1 unspecified atom stereocenters. The minimum atomic E-state index is -0.0880. The molecule has 0 saturated heterocycles. The summed E-state index contributed by atoms with van der Waals surface area (Å²) in [5, 5.41) is 3.40. The van der Waals surface area contributed by atoms with E-state index in [2.05, 4.69) is 12.2 Å². The van der Waals surface area contributed by atoms with E-state index in [1.54, 1.807) is 7.11 Å². The molecule has 110 valence electrons. The van der Waals surface area contributed by atoms with Gasteiger partial charge in [-0.1, -0.05) is 51.9 Å². The molecular formula is C15H33NO2. The third-order valence-electron chi connectivity index (χ3n) is 3.17. The van der Waals surface area contributed by atoms with Gasteiger partial charge in [0.15, 0.2) is 6.29 Å². The van der Waals surface area contributed by atoms with Crippen molar-refractivity contribution >= 4 is 0 Å². The Balaban J connectivity index is 2.94. The van der Waals surface area contributed by atoms with Crippen LogP contribution in [0.25, 0.3) is 0 Å². The number of hydrogen-bond acceptors (Lipinski definition) is 3. The van der Waals surface area contributed by atoms with Crippen LogP contribution in [-0.4, -0.2) is 33.1 Å². The summed E-state index contributed by atoms with van der Waals surface area (Å²) in [5.41, 5.74) is 0. The molecule has 0 aliphatic rings. The van der Waals surface area contributed by atoms with E-state index in [-0.39, 0.29) is 6.29 Å². The summed E-state index contributed by atoms with van der Waals surface area (Å²) in [6.45, 7) is 6.94. The number of ether oxygens (including phenoxy) is 2. The zero-order valence-corrected chi connectivity index (χ0v) is 12.7. The van der Waals surface area contributed by atoms with Crippen LogP contribution in [0.2, 0.25) is 0 Å². The van der Waals surface area contributed by atoms with Gasteiger partial charge in [0.25, 0.3) is 0 Å². The van der Waals surface area contributed by atoms with Gasteiger partial charge in [-0.25, -0.2) is 0 Å². The lowest BCUT2D eigenvalue weighted by Crippen LogP contribution is -2.23. The van der Waals surface area contributed by atoms with Gasteiger partial charge in [-0.3, -0.25) is 0 Å². The van der Waals surface area contributed by atoms with Crippen LogP contribution < -0.4 is 5.32 Å². The molecule has 0 aliphatic heterocycles. The minimum absolute atomic E-state index is 0.0880. The second-order valence-electron chi connectivity index (χ2n) is 4.90. The summed E-state index contributed by atoms with van der Waals surface area (Å²) in [7, 11) is 1.67. The molecule has 1 atom stereocenters. The van der Waals surface area contributed by atoms with Gasteiger partial charge in [0.1, 0.15) is 0 Å². The first-order valence-electron chi connectivity index (χ1n) is 7.66. The Morgan fingerprint density at radius 3 is 2.11 bits per heavy atom. The van der Waals surface area contributed by atoms with Gasteiger partial charge in [-0.15, -0.1) is 0 Å². The first-order valence-corrected chi connectivity index (χ1v) is 7.66. The molecule has 0 amide bonds. The Hall–Kier alpha value is -0.120. The van der Waals surface area contributed by atoms with E-state index in [1.165, 1.54) is 51.4 Å². The summed E-state index contributed by atoms with van der Waals surface area (Å²) in [4.78, 5) is 0. The van der Waals surface area contributed by atoms with E-state index in [1.807, 2.05) is 6.92 Å². The standard InChI is InChI=1S/C15H33NO2/c1-4-5-6-7-8-9-10-11-12-16-13-14-18-15(2)17-3/h15-16H,4-14H2,1-3H3. The fourth-order valence-electron chi connectivity index (χ4n) is 1.87. The van der Waals surface area contributed by atoms with Crippen LogP contribution in [0.5, 0.6) is 0 Å². The molecule has 0 aromatic heterocycles. The van der Waals surface area contributed by atoms with Crippen LogP contribution in [0.3, 0.4) is 0 Å². The second kappa shape index (κ2) is 14.9. The third kappa shape index (κ3) is 13.9. The van der Waals surface area contributed by atoms with E-state index < -0.39 is 0 Å². The summed E-state index contributed by atoms with van der Waals surface area (Å²) in [5.74, 6) is 0. The Bertz CT molecular complexity index is 153. The van der Waals surface area contributed by atoms with Crippen LogP contribution >= 0.6 is 0 Å². The third-order valence-corrected chi connectivity index (χ3v) is 3.17. The molecule has 0 aromatic rings. The van der Waals surface area contributed by atoms with Gasteiger partial charge < -0.3 is 14.8 Å². The number of methoxy groups -OCH3 is 1. The van der Waals surface area contributed by atoms with E-state index in [0.29, 0.717) is 0 Å². The normalized spacial score (nSPS) is 12.8. The molecule has 0 saturated carbocycles. The highest BCUT2D eigenvalue weighted by Crippen LogP contribution is 2.07. The highest BCUT2D eigenvalue weighted by molar-refractivity contribution is 4.50. The first-order chi connectivity index (χ1) is 8.81. The average Bonchev–Trinajstić information content (AvgIpc) is 2.39. The second-order valence-corrected chi connectivity index (χ2v) is 4.90. The van der Waals surface area contributed by atoms with E-state index >= 15 is 0 Å². The van der Waals surface area contributed by atoms with Gasteiger partial charge >= 0.3 is 0 Å². The Morgan fingerprint density at radius 2 is 1.50 bits per heavy atom. The van der Waals surface area contributed by atoms with E-state index in [4.69, 9.17) is 9.47 Å². The highest BCUT2D eigenvalue weighted by Gasteiger charge is 1.97. The molecule has 18 heavy (non-hydrogen) atoms. The number of hydrogen-bond donors (Lipinski definition) is 1. The van der Waals surface area contributed by atoms with Crippen LogP contribution in [0.1, 0.15) is 65.2 Å². The quantitative estimate of drug-likeness (QED) is 0.381. The minimum Gasteiger partial charge on any atom is -0.356 e. The fraction of sp³-hybridized carbons (Fsp3) is 1.00. The molecule has 1 N–H and O–H groups in total. The van der Waals surface area contributed by atoms with Crippen molar-refractivity contribution in [1.82, 2.24) is 5.32 Å². The highest BCUT2D eigenvalue weighted by atomic mass is 16.7. The van der Waals surface area contributed by atoms with Crippen molar-refractivity contribution in [1.29, 1.82) is 0 Å². The van der Waals surface area contributed by atoms with E-state index in [9.17, 15) is 0 Å². The molecule has 3 heteroatoms. The van der Waals surface area contributed by atoms with Crippen molar-refractivity contribution < 1.29 is 9.47 Å². The van der Waals surface area contributed by atoms with Gasteiger partial charge in [-0.2, -0.15) is 0 Å². The van der Waals surface area contributed by atoms with Crippen LogP contribution in [0.4, 0.5) is 0 Å². The average molecular weight is 259 g/mol. The molecule has 0 bridgehead atoms. The Labute approximate surface area is 114 Å². The zero-order valence-electron chi connectivity index (χ0n) is 12.7. The lowest BCUT2D eigenvalue weighted by Gasteiger charge is -2.11. The zero-order chi connectivity index (χ0) is 13.5. The van der Waals surface area contributed by atoms with Crippen molar-refractivity contribution in [3.05, 3.63) is 0 Å². The fourth-order valence-corrected chi connectivity index (χ4v) is 1.87. The molecule has 0 heterocycles. The molecule has 0 radical (unpaired) electrons. The lowest BCUT2D eigenvalue weighted by atomic mass is 10.1. The van der Waals surface area contributed by atoms with Gasteiger partial charge in [-0.05, 0) is 19.9 Å². The maximum Gasteiger partial charge on any atom is 0.154 e. The van der Waals surface area contributed by atoms with Crippen molar-refractivity contribution in [3.63, 3.8) is 0 Å². The van der Waals surface area contributed by atoms with Gasteiger partial charge in [0.05, 0.1) is 6.61 Å². The Kier molecular flexibility index (Phi) is 14.8. The lowest BCUT2D eigenvalue weighted by molar-refractivity contribution is -0.109. The molecule has 3 nitrogen and oxygen atoms in total. The molecule has 0 fully saturated rings. The summed E-state index contributed by atoms with van der Waals surface area (Å²) in [6.07, 6.45) is 10.9. The van der Waals surface area contributed by atoms with Gasteiger partial charge in [0.2, 0.25) is 0 Å². The largest absolute Gasteiger partial charge is 0.356 e. The predicted octanol–water partition coefficient (Wildman–Crippen LogP) is 3.73. The molecule has 0 spiro atoms. The topological polar surface area (TPSA) is 30.5 Å². The smallest absolute Gasteiger partial charge is 0.154 e. The van der Waals surface area contributed by atoms with Crippen molar-refractivity contribution in [2.75, 3.05) is 26.8 Å². The summed E-state index contributed by atoms with van der Waals surface area (Å²) in [6, 6.07) is 0. The molecule has 0 aliphatic carbocycles. The number of nitrogens with one attached hydrogen (secondary N) is 1. The van der Waals surface area contributed by atoms with Crippen LogP contribution in [0.15, 0.2) is 0 Å². The van der Waals surface area contributed by atoms with Crippen LogP contribution in [-0.2, 0) is 9.47 Å². The SMILES string of the molecule is CCCCCCCCCCNCCOC(C)OC. The maximum atomic E-state index is 5.39. The summed E-state index contributed by atoms with van der Waals surface area (Å²) >= 11 is 0. The number of rotatable bonds is 14. The van der Waals surface area contributed by atoms with Gasteiger partial charge in [0, 0.05) is 13.7 Å². The van der Waals surface area contributed by atoms with Crippen molar-refractivity contribution in [3.8, 4) is 0 Å². The summed E-state index contributed by atoms with van der Waals surface area (Å²) < 4.78 is 10.4. The van der Waals surface area contributed by atoms with E-state index in [0.717, 1.165) is 19.7 Å². The molecular weight excluding hydrogens is 226 g/mol. The van der Waals surface area contributed by atoms with Crippen LogP contribution in [0, 0.1) is 0 Å². The molecule has 0 rings (SSSR count). The Morgan fingerprint density at radius 1 is 0.889 bits per heavy atom. The monoisotopic (exact) mass is 259 g/mol. The number of unbranched alkanes of at least 4 members (excludes halogenated alkanes) is 7. The van der Waals surface area contributed by atoms with Crippen molar-refractivity contribution in [2.45, 2.75) is 71.5 Å². The maximum absolute atomic E-state index is 5.39. The van der Waals surface area contributed by atoms with Crippen molar-refractivity contribution in [2.24, 2.45) is 0 Å². The molecule has 0 aromatic carbocycles. The first kappa shape index (κ1) is 17.9. The predicted molar refractivity (Wildman–Crippen MR) is 77.9 cm³/mol.